The van der Waals surface area contributed by atoms with Gasteiger partial charge in [0.05, 0.1) is 5.69 Å². The summed E-state index contributed by atoms with van der Waals surface area (Å²) >= 11 is 8.08. The Balaban J connectivity index is 2.06. The number of rotatable bonds is 6. The van der Waals surface area contributed by atoms with Crippen LogP contribution in [-0.4, -0.2) is 21.2 Å². The van der Waals surface area contributed by atoms with E-state index in [1.165, 1.54) is 11.8 Å². The maximum absolute atomic E-state index is 6.72. The second-order valence-electron chi connectivity index (χ2n) is 6.23. The molecule has 1 atom stereocenters. The lowest BCUT2D eigenvalue weighted by atomic mass is 9.83. The summed E-state index contributed by atoms with van der Waals surface area (Å²) in [4.78, 5) is 13.4. The van der Waals surface area contributed by atoms with Crippen molar-refractivity contribution in [1.29, 1.82) is 0 Å². The second-order valence-corrected chi connectivity index (χ2v) is 7.36. The summed E-state index contributed by atoms with van der Waals surface area (Å²) in [7, 11) is 0. The molecule has 0 aliphatic carbocycles. The highest BCUT2D eigenvalue weighted by Gasteiger charge is 2.43. The molecule has 2 aromatic heterocycles. The molecule has 1 unspecified atom stereocenters. The molecule has 0 radical (unpaired) electrons. The summed E-state index contributed by atoms with van der Waals surface area (Å²) in [6.45, 7) is 0. The average molecular weight is 420 g/mol. The van der Waals surface area contributed by atoms with Gasteiger partial charge in [-0.05, 0) is 36.6 Å². The lowest BCUT2D eigenvalue weighted by molar-refractivity contribution is 0.149. The smallest absolute Gasteiger partial charge is 0.204 e. The molecule has 2 heterocycles. The molecule has 144 valence electrons. The molecule has 4 rings (SSSR count). The van der Waals surface area contributed by atoms with Crippen molar-refractivity contribution in [1.82, 2.24) is 15.0 Å². The third kappa shape index (κ3) is 3.84. The van der Waals surface area contributed by atoms with E-state index in [1.54, 1.807) is 12.4 Å². The molecule has 0 fully saturated rings. The van der Waals surface area contributed by atoms with Crippen LogP contribution in [0.5, 0.6) is 5.75 Å². The maximum Gasteiger partial charge on any atom is 0.204 e. The molecule has 0 saturated carbocycles. The number of pyridine rings is 1. The van der Waals surface area contributed by atoms with Crippen molar-refractivity contribution in [3.63, 3.8) is 0 Å². The second kappa shape index (κ2) is 8.64. The van der Waals surface area contributed by atoms with Crippen LogP contribution in [0.25, 0.3) is 0 Å². The van der Waals surface area contributed by atoms with Crippen molar-refractivity contribution in [3.05, 3.63) is 113 Å². The minimum atomic E-state index is -1.10. The summed E-state index contributed by atoms with van der Waals surface area (Å²) in [5.41, 5.74) is 1.19. The van der Waals surface area contributed by atoms with E-state index in [9.17, 15) is 0 Å². The molecule has 0 N–H and O–H groups in total. The molecular weight excluding hydrogens is 402 g/mol. The Morgan fingerprint density at radius 2 is 1.55 bits per heavy atom. The predicted molar refractivity (Wildman–Crippen MR) is 116 cm³/mol. The van der Waals surface area contributed by atoms with E-state index in [4.69, 9.17) is 21.3 Å². The molecular formula is C23H18ClN3OS. The Kier molecular flexibility index (Phi) is 5.79. The Bertz CT molecular complexity index is 1100. The van der Waals surface area contributed by atoms with Crippen molar-refractivity contribution in [2.24, 2.45) is 0 Å². The fourth-order valence-corrected chi connectivity index (χ4v) is 3.84. The topological polar surface area (TPSA) is 47.9 Å². The fraction of sp³-hybridized carbons (Fsp3) is 0.0870. The van der Waals surface area contributed by atoms with Gasteiger partial charge in [0.2, 0.25) is 5.60 Å². The Labute approximate surface area is 179 Å². The number of halogens is 1. The molecule has 4 nitrogen and oxygen atoms in total. The highest BCUT2D eigenvalue weighted by molar-refractivity contribution is 7.98. The van der Waals surface area contributed by atoms with E-state index < -0.39 is 5.60 Å². The Hall–Kier alpha value is -2.89. The molecule has 0 aliphatic rings. The fourth-order valence-electron chi connectivity index (χ4n) is 3.23. The zero-order valence-corrected chi connectivity index (χ0v) is 17.3. The van der Waals surface area contributed by atoms with Crippen molar-refractivity contribution in [2.45, 2.75) is 10.8 Å². The molecule has 0 spiro atoms. The number of thioether (sulfide) groups is 1. The first-order valence-corrected chi connectivity index (χ1v) is 10.6. The van der Waals surface area contributed by atoms with E-state index in [0.29, 0.717) is 27.3 Å². The third-order valence-electron chi connectivity index (χ3n) is 4.51. The van der Waals surface area contributed by atoms with Crippen molar-refractivity contribution < 1.29 is 4.74 Å². The van der Waals surface area contributed by atoms with Gasteiger partial charge in [-0.1, -0.05) is 71.9 Å². The first-order chi connectivity index (χ1) is 14.2. The zero-order valence-electron chi connectivity index (χ0n) is 15.7. The molecule has 0 aliphatic heterocycles. The van der Waals surface area contributed by atoms with Crippen LogP contribution in [0.3, 0.4) is 0 Å². The van der Waals surface area contributed by atoms with Crippen LogP contribution in [-0.2, 0) is 5.60 Å². The molecule has 0 amide bonds. The van der Waals surface area contributed by atoms with Crippen molar-refractivity contribution in [2.75, 3.05) is 6.26 Å². The number of ether oxygens (including phenoxy) is 1. The summed E-state index contributed by atoms with van der Waals surface area (Å²) in [5, 5.41) is 1.01. The first kappa shape index (κ1) is 19.4. The van der Waals surface area contributed by atoms with E-state index in [-0.39, 0.29) is 0 Å². The predicted octanol–water partition coefficient (Wildman–Crippen LogP) is 5.62. The van der Waals surface area contributed by atoms with E-state index >= 15 is 0 Å². The first-order valence-electron chi connectivity index (χ1n) is 9.02. The summed E-state index contributed by atoms with van der Waals surface area (Å²) in [5.74, 6) is 0.695. The van der Waals surface area contributed by atoms with Crippen LogP contribution in [0.1, 0.15) is 16.8 Å². The van der Waals surface area contributed by atoms with E-state index in [2.05, 4.69) is 9.97 Å². The van der Waals surface area contributed by atoms with Crippen LogP contribution < -0.4 is 4.74 Å². The van der Waals surface area contributed by atoms with Gasteiger partial charge in [-0.3, -0.25) is 0 Å². The van der Waals surface area contributed by atoms with Crippen molar-refractivity contribution in [3.8, 4) is 5.75 Å². The average Bonchev–Trinajstić information content (AvgIpc) is 2.79. The minimum Gasteiger partial charge on any atom is -0.471 e. The van der Waals surface area contributed by atoms with Crippen molar-refractivity contribution >= 4 is 23.4 Å². The summed E-state index contributed by atoms with van der Waals surface area (Å²) in [6, 6.07) is 25.2. The molecule has 0 bridgehead atoms. The van der Waals surface area contributed by atoms with Gasteiger partial charge in [-0.15, -0.1) is 0 Å². The van der Waals surface area contributed by atoms with Gasteiger partial charge < -0.3 is 4.74 Å². The van der Waals surface area contributed by atoms with Gasteiger partial charge >= 0.3 is 0 Å². The maximum atomic E-state index is 6.72. The van der Waals surface area contributed by atoms with Gasteiger partial charge in [-0.2, -0.15) is 0 Å². The normalized spacial score (nSPS) is 12.9. The molecule has 6 heteroatoms. The Morgan fingerprint density at radius 1 is 0.828 bits per heavy atom. The number of benzene rings is 2. The minimum absolute atomic E-state index is 0.358. The number of nitrogens with zero attached hydrogens (tertiary/aromatic N) is 3. The van der Waals surface area contributed by atoms with Crippen LogP contribution in [0.2, 0.25) is 5.15 Å². The van der Waals surface area contributed by atoms with E-state index in [1.807, 2.05) is 85.1 Å². The largest absolute Gasteiger partial charge is 0.471 e. The van der Waals surface area contributed by atoms with E-state index in [0.717, 1.165) is 5.56 Å². The molecule has 0 saturated heterocycles. The highest BCUT2D eigenvalue weighted by Crippen LogP contribution is 2.42. The standard InChI is InChI=1S/C23H18ClN3OS/c1-29-22-26-16-14-20(27-22)23(17-9-4-2-5-10-17,19-13-8-15-25-21(19)24)28-18-11-6-3-7-12-18/h2-16H,1H3. The molecule has 2 aromatic carbocycles. The number of hydrogen-bond donors (Lipinski definition) is 0. The van der Waals surface area contributed by atoms with Gasteiger partial charge in [0.1, 0.15) is 10.9 Å². The number of hydrogen-bond acceptors (Lipinski definition) is 5. The van der Waals surface area contributed by atoms with Crippen LogP contribution in [0.15, 0.2) is 96.4 Å². The van der Waals surface area contributed by atoms with Gasteiger partial charge in [0.15, 0.2) is 5.16 Å². The lowest BCUT2D eigenvalue weighted by Gasteiger charge is -2.35. The SMILES string of the molecule is CSc1nccc(C(Oc2ccccc2)(c2ccccc2)c2cccnc2Cl)n1. The summed E-state index contributed by atoms with van der Waals surface area (Å²) < 4.78 is 6.72. The number of aromatic nitrogens is 3. The van der Waals surface area contributed by atoms with Gasteiger partial charge in [0, 0.05) is 23.5 Å². The van der Waals surface area contributed by atoms with Crippen LogP contribution in [0.4, 0.5) is 0 Å². The van der Waals surface area contributed by atoms with Gasteiger partial charge in [0.25, 0.3) is 0 Å². The quantitative estimate of drug-likeness (QED) is 0.230. The third-order valence-corrected chi connectivity index (χ3v) is 5.37. The Morgan fingerprint density at radius 3 is 2.24 bits per heavy atom. The summed E-state index contributed by atoms with van der Waals surface area (Å²) in [6.07, 6.45) is 5.35. The zero-order chi connectivity index (χ0) is 20.1. The monoisotopic (exact) mass is 419 g/mol. The molecule has 4 aromatic rings. The highest BCUT2D eigenvalue weighted by atomic mass is 35.5. The number of para-hydroxylation sites is 1. The van der Waals surface area contributed by atoms with Crippen LogP contribution >= 0.6 is 23.4 Å². The van der Waals surface area contributed by atoms with Gasteiger partial charge in [-0.25, -0.2) is 15.0 Å². The molecule has 29 heavy (non-hydrogen) atoms. The van der Waals surface area contributed by atoms with Crippen LogP contribution in [0, 0.1) is 0 Å². The lowest BCUT2D eigenvalue weighted by Crippen LogP contribution is -2.37.